The van der Waals surface area contributed by atoms with E-state index in [-0.39, 0.29) is 17.1 Å². The summed E-state index contributed by atoms with van der Waals surface area (Å²) in [6.07, 6.45) is 0.945. The van der Waals surface area contributed by atoms with Gasteiger partial charge in [-0.2, -0.15) is 0 Å². The average molecular weight is 240 g/mol. The second-order valence-corrected chi connectivity index (χ2v) is 2.28. The first kappa shape index (κ1) is 12.6. The van der Waals surface area contributed by atoms with E-state index in [1.165, 1.54) is 0 Å². The third kappa shape index (κ3) is 3.56. The molecule has 0 N–H and O–H groups in total. The minimum absolute atomic E-state index is 0. The van der Waals surface area contributed by atoms with Gasteiger partial charge in [-0.3, -0.25) is 0 Å². The van der Waals surface area contributed by atoms with Gasteiger partial charge in [0.25, 0.3) is 0 Å². The van der Waals surface area contributed by atoms with Crippen LogP contribution >= 0.6 is 0 Å². The van der Waals surface area contributed by atoms with E-state index in [0.29, 0.717) is 5.56 Å². The fourth-order valence-corrected chi connectivity index (χ4v) is 0.766. The molecule has 1 rings (SSSR count). The Labute approximate surface area is 92.2 Å². The Balaban J connectivity index is 0.00000169. The molecule has 77 valence electrons. The summed E-state index contributed by atoms with van der Waals surface area (Å²) in [5, 5.41) is 0. The summed E-state index contributed by atoms with van der Waals surface area (Å²) in [6.45, 7) is 3.18. The van der Waals surface area contributed by atoms with Crippen molar-refractivity contribution < 1.29 is 31.4 Å². The summed E-state index contributed by atoms with van der Waals surface area (Å²) in [7, 11) is 0. The third-order valence-electron chi connectivity index (χ3n) is 1.37. The molecule has 0 aromatic heterocycles. The van der Waals surface area contributed by atoms with E-state index >= 15 is 0 Å². The number of esters is 2. The van der Waals surface area contributed by atoms with Gasteiger partial charge in [-0.05, 0) is 12.1 Å². The molecule has 4 heteroatoms. The molecule has 0 aliphatic carbocycles. The Hall–Kier alpha value is -1.38. The van der Waals surface area contributed by atoms with Crippen molar-refractivity contribution in [1.29, 1.82) is 0 Å². The topological polar surface area (TPSA) is 43.4 Å². The first-order chi connectivity index (χ1) is 6.24. The van der Waals surface area contributed by atoms with Crippen LogP contribution in [0.5, 0.6) is 0 Å². The Morgan fingerprint density at radius 1 is 1.21 bits per heavy atom. The number of benzene rings is 1. The van der Waals surface area contributed by atoms with Crippen LogP contribution in [0.15, 0.2) is 43.0 Å². The van der Waals surface area contributed by atoms with Crippen LogP contribution < -0.4 is 0 Å². The van der Waals surface area contributed by atoms with E-state index in [0.717, 1.165) is 6.08 Å². The molecule has 0 aliphatic rings. The van der Waals surface area contributed by atoms with Gasteiger partial charge < -0.3 is 4.74 Å². The summed E-state index contributed by atoms with van der Waals surface area (Å²) in [5.41, 5.74) is 0.345. The molecule has 1 radical (unpaired) electrons. The molecular weight excluding hydrogens is 232 g/mol. The van der Waals surface area contributed by atoms with E-state index in [2.05, 4.69) is 11.3 Å². The molecular formula is C10H8CuO3. The van der Waals surface area contributed by atoms with Gasteiger partial charge in [-0.25, -0.2) is 9.59 Å². The minimum atomic E-state index is -0.742. The number of hydrogen-bond acceptors (Lipinski definition) is 3. The second-order valence-electron chi connectivity index (χ2n) is 2.28. The average Bonchev–Trinajstić information content (AvgIpc) is 2.19. The van der Waals surface area contributed by atoms with Gasteiger partial charge in [0.2, 0.25) is 0 Å². The summed E-state index contributed by atoms with van der Waals surface area (Å²) in [4.78, 5) is 21.8. The smallest absolute Gasteiger partial charge is 0.346 e. The molecule has 1 aromatic carbocycles. The maximum atomic E-state index is 11.1. The fraction of sp³-hybridized carbons (Fsp3) is 0. The van der Waals surface area contributed by atoms with Crippen molar-refractivity contribution in [3.8, 4) is 0 Å². The number of ether oxygens (including phenoxy) is 1. The van der Waals surface area contributed by atoms with Gasteiger partial charge >= 0.3 is 11.9 Å². The molecule has 0 aliphatic heterocycles. The largest absolute Gasteiger partial charge is 0.386 e. The molecule has 1 aromatic rings. The van der Waals surface area contributed by atoms with Crippen LogP contribution in [-0.2, 0) is 26.6 Å². The van der Waals surface area contributed by atoms with Gasteiger partial charge in [0.05, 0.1) is 5.56 Å². The first-order valence-corrected chi connectivity index (χ1v) is 3.67. The van der Waals surface area contributed by atoms with Gasteiger partial charge in [0.15, 0.2) is 0 Å². The number of carbonyl (C=O) groups is 2. The van der Waals surface area contributed by atoms with Crippen LogP contribution in [0.25, 0.3) is 0 Å². The molecule has 14 heavy (non-hydrogen) atoms. The summed E-state index contributed by atoms with van der Waals surface area (Å²) >= 11 is 0. The molecule has 0 spiro atoms. The van der Waals surface area contributed by atoms with Crippen LogP contribution in [0, 0.1) is 0 Å². The van der Waals surface area contributed by atoms with Crippen molar-refractivity contribution in [3.63, 3.8) is 0 Å². The zero-order chi connectivity index (χ0) is 9.68. The molecule has 0 saturated carbocycles. The van der Waals surface area contributed by atoms with Crippen LogP contribution in [-0.4, -0.2) is 11.9 Å². The molecule has 0 fully saturated rings. The molecule has 0 saturated heterocycles. The fourth-order valence-electron chi connectivity index (χ4n) is 0.766. The van der Waals surface area contributed by atoms with E-state index < -0.39 is 11.9 Å². The van der Waals surface area contributed by atoms with Crippen molar-refractivity contribution in [2.24, 2.45) is 0 Å². The van der Waals surface area contributed by atoms with Crippen molar-refractivity contribution in [2.45, 2.75) is 0 Å². The summed E-state index contributed by atoms with van der Waals surface area (Å²) in [5.74, 6) is -1.40. The standard InChI is InChI=1S/C10H8O3.Cu/c1-2-9(11)13-10(12)8-6-4-3-5-7-8;/h2-7H,1H2;. The minimum Gasteiger partial charge on any atom is -0.386 e. The second kappa shape index (κ2) is 6.13. The van der Waals surface area contributed by atoms with Gasteiger partial charge in [0.1, 0.15) is 0 Å². The maximum absolute atomic E-state index is 11.1. The molecule has 0 unspecified atom stereocenters. The SMILES string of the molecule is C=CC(=O)OC(=O)c1ccccc1.[Cu]. The zero-order valence-electron chi connectivity index (χ0n) is 7.20. The van der Waals surface area contributed by atoms with Gasteiger partial charge in [0, 0.05) is 23.1 Å². The molecule has 3 nitrogen and oxygen atoms in total. The maximum Gasteiger partial charge on any atom is 0.346 e. The molecule has 0 bridgehead atoms. The van der Waals surface area contributed by atoms with Crippen LogP contribution in [0.3, 0.4) is 0 Å². The Kier molecular flexibility index (Phi) is 5.53. The summed E-state index contributed by atoms with van der Waals surface area (Å²) in [6, 6.07) is 8.29. The van der Waals surface area contributed by atoms with Crippen molar-refractivity contribution >= 4 is 11.9 Å². The number of rotatable bonds is 2. The Bertz CT molecular complexity index is 332. The van der Waals surface area contributed by atoms with Gasteiger partial charge in [-0.15, -0.1) is 0 Å². The summed E-state index contributed by atoms with van der Waals surface area (Å²) < 4.78 is 4.39. The molecule has 0 atom stereocenters. The van der Waals surface area contributed by atoms with Crippen molar-refractivity contribution in [2.75, 3.05) is 0 Å². The normalized spacial score (nSPS) is 8.29. The van der Waals surface area contributed by atoms with Gasteiger partial charge in [-0.1, -0.05) is 24.8 Å². The predicted molar refractivity (Wildman–Crippen MR) is 47.1 cm³/mol. The Morgan fingerprint density at radius 3 is 2.29 bits per heavy atom. The monoisotopic (exact) mass is 239 g/mol. The van der Waals surface area contributed by atoms with Crippen LogP contribution in [0.1, 0.15) is 10.4 Å². The predicted octanol–water partition coefficient (Wildman–Crippen LogP) is 1.55. The van der Waals surface area contributed by atoms with E-state index in [9.17, 15) is 9.59 Å². The van der Waals surface area contributed by atoms with E-state index in [1.807, 2.05) is 0 Å². The molecule has 0 amide bonds. The molecule has 0 heterocycles. The van der Waals surface area contributed by atoms with E-state index in [1.54, 1.807) is 30.3 Å². The van der Waals surface area contributed by atoms with Crippen molar-refractivity contribution in [1.82, 2.24) is 0 Å². The van der Waals surface area contributed by atoms with Crippen molar-refractivity contribution in [3.05, 3.63) is 48.6 Å². The van der Waals surface area contributed by atoms with E-state index in [4.69, 9.17) is 0 Å². The quantitative estimate of drug-likeness (QED) is 0.340. The Morgan fingerprint density at radius 2 is 1.79 bits per heavy atom. The number of hydrogen-bond donors (Lipinski definition) is 0. The first-order valence-electron chi connectivity index (χ1n) is 3.67. The number of carbonyl (C=O) groups excluding carboxylic acids is 2. The van der Waals surface area contributed by atoms with Crippen LogP contribution in [0.2, 0.25) is 0 Å². The zero-order valence-corrected chi connectivity index (χ0v) is 8.14. The van der Waals surface area contributed by atoms with Crippen LogP contribution in [0.4, 0.5) is 0 Å². The third-order valence-corrected chi connectivity index (χ3v) is 1.37.